The smallest absolute Gasteiger partial charge is 0.237 e. The molecule has 4 N–H and O–H groups in total. The molecule has 0 spiro atoms. The van der Waals surface area contributed by atoms with Crippen LogP contribution >= 0.6 is 12.4 Å². The Balaban J connectivity index is 0.00000312. The molecule has 0 saturated carbocycles. The third-order valence-corrected chi connectivity index (χ3v) is 5.08. The van der Waals surface area contributed by atoms with Crippen LogP contribution in [0.15, 0.2) is 24.3 Å². The Morgan fingerprint density at radius 3 is 2.52 bits per heavy atom. The predicted molar refractivity (Wildman–Crippen MR) is 103 cm³/mol. The van der Waals surface area contributed by atoms with Gasteiger partial charge in [0, 0.05) is 26.2 Å². The van der Waals surface area contributed by atoms with Crippen LogP contribution in [0.5, 0.6) is 0 Å². The summed E-state index contributed by atoms with van der Waals surface area (Å²) in [6, 6.07) is 7.75. The molecule has 1 aromatic rings. The molecular formula is C19H32ClN3O2. The summed E-state index contributed by atoms with van der Waals surface area (Å²) in [4.78, 5) is 14.5. The molecule has 1 aliphatic rings. The van der Waals surface area contributed by atoms with Crippen molar-refractivity contribution in [2.45, 2.75) is 58.3 Å². The van der Waals surface area contributed by atoms with Gasteiger partial charge in [0.25, 0.3) is 0 Å². The monoisotopic (exact) mass is 369 g/mol. The van der Waals surface area contributed by atoms with Crippen LogP contribution in [-0.2, 0) is 17.9 Å². The second-order valence-electron chi connectivity index (χ2n) is 6.91. The van der Waals surface area contributed by atoms with Gasteiger partial charge in [-0.1, -0.05) is 44.5 Å². The molecule has 2 unspecified atom stereocenters. The summed E-state index contributed by atoms with van der Waals surface area (Å²) >= 11 is 0. The van der Waals surface area contributed by atoms with E-state index in [1.165, 1.54) is 5.56 Å². The molecule has 0 aliphatic carbocycles. The third kappa shape index (κ3) is 6.59. The molecule has 0 bridgehead atoms. The molecule has 5 nitrogen and oxygen atoms in total. The molecule has 1 fully saturated rings. The van der Waals surface area contributed by atoms with Crippen molar-refractivity contribution < 1.29 is 9.90 Å². The number of rotatable bonds is 7. The van der Waals surface area contributed by atoms with Gasteiger partial charge in [0.15, 0.2) is 0 Å². The fraction of sp³-hybridized carbons (Fsp3) is 0.632. The number of piperidine rings is 1. The lowest BCUT2D eigenvalue weighted by Gasteiger charge is -2.30. The van der Waals surface area contributed by atoms with Gasteiger partial charge in [0.2, 0.25) is 5.91 Å². The maximum Gasteiger partial charge on any atom is 0.237 e. The minimum atomic E-state index is -0.453. The molecule has 142 valence electrons. The van der Waals surface area contributed by atoms with Crippen molar-refractivity contribution in [1.82, 2.24) is 10.2 Å². The van der Waals surface area contributed by atoms with Crippen LogP contribution in [0.4, 0.5) is 0 Å². The average Bonchev–Trinajstić information content (AvgIpc) is 2.61. The highest BCUT2D eigenvalue weighted by Gasteiger charge is 2.20. The van der Waals surface area contributed by atoms with Crippen molar-refractivity contribution in [3.8, 4) is 0 Å². The van der Waals surface area contributed by atoms with Gasteiger partial charge in [-0.3, -0.25) is 9.69 Å². The number of carbonyl (C=O) groups is 1. The van der Waals surface area contributed by atoms with E-state index in [4.69, 9.17) is 5.73 Å². The van der Waals surface area contributed by atoms with E-state index in [1.807, 2.05) is 26.0 Å². The quantitative estimate of drug-likeness (QED) is 0.687. The maximum atomic E-state index is 12.2. The summed E-state index contributed by atoms with van der Waals surface area (Å²) < 4.78 is 0. The second-order valence-corrected chi connectivity index (χ2v) is 6.91. The Hall–Kier alpha value is -1.14. The molecule has 1 amide bonds. The molecule has 2 atom stereocenters. The van der Waals surface area contributed by atoms with E-state index < -0.39 is 6.04 Å². The van der Waals surface area contributed by atoms with Gasteiger partial charge >= 0.3 is 0 Å². The minimum absolute atomic E-state index is 0. The van der Waals surface area contributed by atoms with Crippen LogP contribution in [0, 0.1) is 5.92 Å². The van der Waals surface area contributed by atoms with E-state index in [0.29, 0.717) is 6.54 Å². The Bertz CT molecular complexity index is 533. The van der Waals surface area contributed by atoms with Gasteiger partial charge in [0.1, 0.15) is 0 Å². The largest absolute Gasteiger partial charge is 0.393 e. The minimum Gasteiger partial charge on any atom is -0.393 e. The molecule has 1 aliphatic heterocycles. The number of aliphatic hydroxyl groups is 1. The van der Waals surface area contributed by atoms with Gasteiger partial charge in [-0.15, -0.1) is 12.4 Å². The third-order valence-electron chi connectivity index (χ3n) is 5.08. The highest BCUT2D eigenvalue weighted by atomic mass is 35.5. The van der Waals surface area contributed by atoms with E-state index in [9.17, 15) is 9.90 Å². The van der Waals surface area contributed by atoms with Crippen LogP contribution in [0.25, 0.3) is 0 Å². The molecule has 1 saturated heterocycles. The van der Waals surface area contributed by atoms with Gasteiger partial charge in [-0.25, -0.2) is 0 Å². The summed E-state index contributed by atoms with van der Waals surface area (Å²) in [6.45, 7) is 7.25. The standard InChI is InChI=1S/C19H31N3O2.ClH/c1-3-14(2)18(20)19(24)21-12-15-6-4-5-7-16(15)13-22-10-8-17(23)9-11-22;/h4-7,14,17-18,23H,3,8-13,20H2,1-2H3,(H,21,24);1H. The van der Waals surface area contributed by atoms with Gasteiger partial charge in [0.05, 0.1) is 12.1 Å². The van der Waals surface area contributed by atoms with Crippen molar-refractivity contribution in [3.63, 3.8) is 0 Å². The SMILES string of the molecule is CCC(C)C(N)C(=O)NCc1ccccc1CN1CCC(O)CC1.Cl. The Morgan fingerprint density at radius 1 is 1.32 bits per heavy atom. The molecule has 1 aromatic carbocycles. The number of amides is 1. The Kier molecular flexibility index (Phi) is 9.43. The normalized spacial score (nSPS) is 18.2. The molecule has 25 heavy (non-hydrogen) atoms. The zero-order chi connectivity index (χ0) is 17.5. The number of hydrogen-bond acceptors (Lipinski definition) is 4. The van der Waals surface area contributed by atoms with Gasteiger partial charge in [-0.2, -0.15) is 0 Å². The molecule has 0 radical (unpaired) electrons. The fourth-order valence-electron chi connectivity index (χ4n) is 3.02. The Labute approximate surface area is 157 Å². The average molecular weight is 370 g/mol. The van der Waals surface area contributed by atoms with Crippen LogP contribution in [0.2, 0.25) is 0 Å². The molecular weight excluding hydrogens is 338 g/mol. The van der Waals surface area contributed by atoms with Crippen molar-refractivity contribution in [2.24, 2.45) is 11.7 Å². The van der Waals surface area contributed by atoms with Crippen molar-refractivity contribution >= 4 is 18.3 Å². The number of hydrogen-bond donors (Lipinski definition) is 3. The number of nitrogens with zero attached hydrogens (tertiary/aromatic N) is 1. The van der Waals surface area contributed by atoms with Gasteiger partial charge < -0.3 is 16.2 Å². The van der Waals surface area contributed by atoms with Crippen molar-refractivity contribution in [1.29, 1.82) is 0 Å². The fourth-order valence-corrected chi connectivity index (χ4v) is 3.02. The van der Waals surface area contributed by atoms with Crippen LogP contribution in [0.3, 0.4) is 0 Å². The molecule has 2 rings (SSSR count). The zero-order valence-corrected chi connectivity index (χ0v) is 16.1. The van der Waals surface area contributed by atoms with Crippen molar-refractivity contribution in [2.75, 3.05) is 13.1 Å². The van der Waals surface area contributed by atoms with Crippen molar-refractivity contribution in [3.05, 3.63) is 35.4 Å². The predicted octanol–water partition coefficient (Wildman–Crippen LogP) is 2.05. The van der Waals surface area contributed by atoms with Gasteiger partial charge in [-0.05, 0) is 29.9 Å². The number of nitrogens with one attached hydrogen (secondary N) is 1. The Morgan fingerprint density at radius 2 is 1.92 bits per heavy atom. The molecule has 6 heteroatoms. The summed E-state index contributed by atoms with van der Waals surface area (Å²) in [7, 11) is 0. The first-order valence-corrected chi connectivity index (χ1v) is 9.01. The summed E-state index contributed by atoms with van der Waals surface area (Å²) in [6.07, 6.45) is 2.41. The van der Waals surface area contributed by atoms with E-state index in [1.54, 1.807) is 0 Å². The van der Waals surface area contributed by atoms with Crippen LogP contribution in [0.1, 0.15) is 44.2 Å². The highest BCUT2D eigenvalue weighted by molar-refractivity contribution is 5.85. The number of carbonyl (C=O) groups excluding carboxylic acids is 1. The highest BCUT2D eigenvalue weighted by Crippen LogP contribution is 2.16. The number of likely N-dealkylation sites (tertiary alicyclic amines) is 1. The van der Waals surface area contributed by atoms with E-state index in [2.05, 4.69) is 22.3 Å². The first-order chi connectivity index (χ1) is 11.5. The number of aliphatic hydroxyl groups excluding tert-OH is 1. The maximum absolute atomic E-state index is 12.2. The first kappa shape index (κ1) is 21.9. The lowest BCUT2D eigenvalue weighted by atomic mass is 9.99. The first-order valence-electron chi connectivity index (χ1n) is 9.01. The van der Waals surface area contributed by atoms with Crippen LogP contribution in [-0.4, -0.2) is 41.1 Å². The topological polar surface area (TPSA) is 78.6 Å². The summed E-state index contributed by atoms with van der Waals surface area (Å²) in [5.41, 5.74) is 8.35. The number of benzene rings is 1. The number of halogens is 1. The van der Waals surface area contributed by atoms with E-state index in [0.717, 1.165) is 44.5 Å². The number of nitrogens with two attached hydrogens (primary N) is 1. The van der Waals surface area contributed by atoms with E-state index >= 15 is 0 Å². The summed E-state index contributed by atoms with van der Waals surface area (Å²) in [5.74, 6) is 0.0975. The molecule has 1 heterocycles. The molecule has 0 aromatic heterocycles. The lowest BCUT2D eigenvalue weighted by molar-refractivity contribution is -0.123. The lowest BCUT2D eigenvalue weighted by Crippen LogP contribution is -2.44. The van der Waals surface area contributed by atoms with E-state index in [-0.39, 0.29) is 30.3 Å². The van der Waals surface area contributed by atoms with Crippen LogP contribution < -0.4 is 11.1 Å². The second kappa shape index (κ2) is 10.8. The zero-order valence-electron chi connectivity index (χ0n) is 15.3. The summed E-state index contributed by atoms with van der Waals surface area (Å²) in [5, 5.41) is 12.6.